The summed E-state index contributed by atoms with van der Waals surface area (Å²) >= 11 is 0. The van der Waals surface area contributed by atoms with Crippen LogP contribution >= 0.6 is 0 Å². The van der Waals surface area contributed by atoms with Crippen LogP contribution in [0.25, 0.3) is 0 Å². The molecule has 3 rings (SSSR count). The molecular formula is C23H30N2O3. The summed E-state index contributed by atoms with van der Waals surface area (Å²) in [6.07, 6.45) is 3.11. The minimum Gasteiger partial charge on any atom is -0.496 e. The number of nitrogens with zero attached hydrogens (tertiary/aromatic N) is 1. The second-order valence-corrected chi connectivity index (χ2v) is 7.33. The number of likely N-dealkylation sites (tertiary alicyclic amines) is 1. The normalized spacial score (nSPS) is 20.0. The Kier molecular flexibility index (Phi) is 7.46. The fourth-order valence-corrected chi connectivity index (χ4v) is 4.15. The van der Waals surface area contributed by atoms with Crippen LogP contribution in [-0.2, 0) is 11.3 Å². The van der Waals surface area contributed by atoms with Crippen molar-refractivity contribution < 1.29 is 14.6 Å². The molecule has 150 valence electrons. The fraction of sp³-hybridized carbons (Fsp3) is 0.435. The fourth-order valence-electron chi connectivity index (χ4n) is 4.15. The predicted molar refractivity (Wildman–Crippen MR) is 110 cm³/mol. The van der Waals surface area contributed by atoms with Crippen molar-refractivity contribution in [1.82, 2.24) is 10.2 Å². The van der Waals surface area contributed by atoms with Crippen LogP contribution in [0.1, 0.15) is 42.9 Å². The van der Waals surface area contributed by atoms with Crippen LogP contribution in [0, 0.1) is 0 Å². The largest absolute Gasteiger partial charge is 0.496 e. The van der Waals surface area contributed by atoms with Gasteiger partial charge in [0.25, 0.3) is 0 Å². The van der Waals surface area contributed by atoms with Gasteiger partial charge in [-0.3, -0.25) is 9.69 Å². The summed E-state index contributed by atoms with van der Waals surface area (Å²) in [5, 5.41) is 12.7. The molecule has 0 aliphatic carbocycles. The van der Waals surface area contributed by atoms with Crippen LogP contribution in [0.3, 0.4) is 0 Å². The number of para-hydroxylation sites is 1. The lowest BCUT2D eigenvalue weighted by Gasteiger charge is -2.42. The van der Waals surface area contributed by atoms with Gasteiger partial charge in [0.2, 0.25) is 0 Å². The smallest absolute Gasteiger partial charge is 0.303 e. The Morgan fingerprint density at radius 1 is 1.18 bits per heavy atom. The molecular weight excluding hydrogens is 352 g/mol. The van der Waals surface area contributed by atoms with Gasteiger partial charge >= 0.3 is 5.97 Å². The molecule has 0 saturated carbocycles. The Bertz CT molecular complexity index is 751. The third kappa shape index (κ3) is 5.33. The molecule has 28 heavy (non-hydrogen) atoms. The summed E-state index contributed by atoms with van der Waals surface area (Å²) in [6.45, 7) is 2.56. The number of hydrogen-bond acceptors (Lipinski definition) is 4. The second-order valence-electron chi connectivity index (χ2n) is 7.33. The molecule has 1 saturated heterocycles. The van der Waals surface area contributed by atoms with E-state index in [1.165, 1.54) is 5.56 Å². The molecule has 1 fully saturated rings. The molecule has 5 heteroatoms. The first-order valence-electron chi connectivity index (χ1n) is 10.0. The Hall–Kier alpha value is -2.37. The van der Waals surface area contributed by atoms with Crippen LogP contribution < -0.4 is 10.1 Å². The van der Waals surface area contributed by atoms with Crippen molar-refractivity contribution in [1.29, 1.82) is 0 Å². The molecule has 0 radical (unpaired) electrons. The van der Waals surface area contributed by atoms with Gasteiger partial charge in [-0.2, -0.15) is 0 Å². The number of carboxylic acids is 1. The van der Waals surface area contributed by atoms with E-state index in [1.807, 2.05) is 24.3 Å². The second kappa shape index (κ2) is 10.2. The molecule has 1 aliphatic heterocycles. The van der Waals surface area contributed by atoms with Crippen molar-refractivity contribution in [2.75, 3.05) is 20.2 Å². The lowest BCUT2D eigenvalue weighted by Crippen LogP contribution is -2.48. The van der Waals surface area contributed by atoms with Crippen molar-refractivity contribution in [2.45, 2.75) is 44.3 Å². The van der Waals surface area contributed by atoms with Crippen molar-refractivity contribution >= 4 is 5.97 Å². The number of hydrogen-bond donors (Lipinski definition) is 2. The molecule has 0 amide bonds. The molecule has 1 aliphatic rings. The van der Waals surface area contributed by atoms with Gasteiger partial charge in [-0.05, 0) is 44.0 Å². The molecule has 0 bridgehead atoms. The number of methoxy groups -OCH3 is 1. The van der Waals surface area contributed by atoms with E-state index < -0.39 is 5.97 Å². The quantitative estimate of drug-likeness (QED) is 0.690. The van der Waals surface area contributed by atoms with Gasteiger partial charge in [0.05, 0.1) is 13.2 Å². The Morgan fingerprint density at radius 2 is 1.93 bits per heavy atom. The van der Waals surface area contributed by atoms with Crippen molar-refractivity contribution in [3.05, 3.63) is 65.7 Å². The summed E-state index contributed by atoms with van der Waals surface area (Å²) in [4.78, 5) is 13.4. The van der Waals surface area contributed by atoms with Crippen molar-refractivity contribution in [3.8, 4) is 5.75 Å². The maximum atomic E-state index is 10.9. The SMILES string of the molecule is COc1ccccc1CN[C@H]1CCCN(CCCC(=O)O)[C@H]1c1ccccc1. The zero-order valence-electron chi connectivity index (χ0n) is 16.5. The summed E-state index contributed by atoms with van der Waals surface area (Å²) < 4.78 is 5.49. The van der Waals surface area contributed by atoms with Crippen LogP contribution in [-0.4, -0.2) is 42.2 Å². The van der Waals surface area contributed by atoms with Gasteiger partial charge in [0.1, 0.15) is 5.75 Å². The van der Waals surface area contributed by atoms with Crippen LogP contribution in [0.15, 0.2) is 54.6 Å². The van der Waals surface area contributed by atoms with Gasteiger partial charge in [0, 0.05) is 24.6 Å². The Labute approximate surface area is 167 Å². The number of carbonyl (C=O) groups is 1. The van der Waals surface area contributed by atoms with E-state index in [1.54, 1.807) is 7.11 Å². The van der Waals surface area contributed by atoms with Crippen LogP contribution in [0.5, 0.6) is 5.75 Å². The number of carboxylic acid groups (broad SMARTS) is 1. The summed E-state index contributed by atoms with van der Waals surface area (Å²) in [5.74, 6) is 0.180. The minimum atomic E-state index is -0.723. The van der Waals surface area contributed by atoms with Crippen LogP contribution in [0.2, 0.25) is 0 Å². The number of nitrogens with one attached hydrogen (secondary N) is 1. The Balaban J connectivity index is 1.74. The topological polar surface area (TPSA) is 61.8 Å². The van der Waals surface area contributed by atoms with Crippen molar-refractivity contribution in [2.24, 2.45) is 0 Å². The monoisotopic (exact) mass is 382 g/mol. The van der Waals surface area contributed by atoms with E-state index in [0.29, 0.717) is 12.5 Å². The van der Waals surface area contributed by atoms with Gasteiger partial charge in [-0.15, -0.1) is 0 Å². The predicted octanol–water partition coefficient (Wildman–Crippen LogP) is 3.86. The number of piperidine rings is 1. The molecule has 2 N–H and O–H groups in total. The first-order chi connectivity index (χ1) is 13.7. The Morgan fingerprint density at radius 3 is 2.68 bits per heavy atom. The molecule has 0 aromatic heterocycles. The number of rotatable bonds is 9. The molecule has 1 heterocycles. The number of benzene rings is 2. The third-order valence-corrected chi connectivity index (χ3v) is 5.46. The molecule has 2 aromatic rings. The lowest BCUT2D eigenvalue weighted by atomic mass is 9.89. The van der Waals surface area contributed by atoms with Crippen molar-refractivity contribution in [3.63, 3.8) is 0 Å². The van der Waals surface area contributed by atoms with E-state index >= 15 is 0 Å². The van der Waals surface area contributed by atoms with E-state index in [2.05, 4.69) is 40.5 Å². The lowest BCUT2D eigenvalue weighted by molar-refractivity contribution is -0.137. The maximum absolute atomic E-state index is 10.9. The zero-order chi connectivity index (χ0) is 19.8. The van der Waals surface area contributed by atoms with E-state index in [0.717, 1.165) is 43.8 Å². The third-order valence-electron chi connectivity index (χ3n) is 5.46. The molecule has 0 spiro atoms. The highest BCUT2D eigenvalue weighted by Gasteiger charge is 2.32. The highest BCUT2D eigenvalue weighted by molar-refractivity contribution is 5.66. The van der Waals surface area contributed by atoms with E-state index in [9.17, 15) is 4.79 Å². The molecule has 0 unspecified atom stereocenters. The van der Waals surface area contributed by atoms with Gasteiger partial charge < -0.3 is 15.2 Å². The summed E-state index contributed by atoms with van der Waals surface area (Å²) in [6, 6.07) is 19.2. The number of aliphatic carboxylic acids is 1. The average Bonchev–Trinajstić information content (AvgIpc) is 2.73. The summed E-state index contributed by atoms with van der Waals surface area (Å²) in [7, 11) is 1.70. The van der Waals surface area contributed by atoms with Crippen LogP contribution in [0.4, 0.5) is 0 Å². The van der Waals surface area contributed by atoms with Gasteiger partial charge in [-0.25, -0.2) is 0 Å². The molecule has 2 aromatic carbocycles. The zero-order valence-corrected chi connectivity index (χ0v) is 16.5. The first-order valence-corrected chi connectivity index (χ1v) is 10.0. The van der Waals surface area contributed by atoms with Gasteiger partial charge in [0.15, 0.2) is 0 Å². The average molecular weight is 383 g/mol. The molecule has 5 nitrogen and oxygen atoms in total. The first kappa shape index (κ1) is 20.4. The minimum absolute atomic E-state index is 0.220. The maximum Gasteiger partial charge on any atom is 0.303 e. The highest BCUT2D eigenvalue weighted by atomic mass is 16.5. The van der Waals surface area contributed by atoms with Gasteiger partial charge in [-0.1, -0.05) is 48.5 Å². The van der Waals surface area contributed by atoms with E-state index in [4.69, 9.17) is 9.84 Å². The summed E-state index contributed by atoms with van der Waals surface area (Å²) in [5.41, 5.74) is 2.44. The molecule has 2 atom stereocenters. The van der Waals surface area contributed by atoms with E-state index in [-0.39, 0.29) is 12.5 Å². The highest BCUT2D eigenvalue weighted by Crippen LogP contribution is 2.32. The standard InChI is InChI=1S/C23H30N2O3/c1-28-21-13-6-5-11-19(21)17-24-20-12-7-15-25(16-8-14-22(26)27)23(20)18-9-3-2-4-10-18/h2-6,9-11,13,20,23-24H,7-8,12,14-17H2,1H3,(H,26,27)/t20-,23-/m0/s1. The number of ether oxygens (including phenoxy) is 1.